The first-order chi connectivity index (χ1) is 10.4. The van der Waals surface area contributed by atoms with Gasteiger partial charge in [0.15, 0.2) is 0 Å². The van der Waals surface area contributed by atoms with Crippen molar-refractivity contribution in [2.24, 2.45) is 0 Å². The second-order valence-electron chi connectivity index (χ2n) is 6.43. The summed E-state index contributed by atoms with van der Waals surface area (Å²) in [4.78, 5) is 14.3. The highest BCUT2D eigenvalue weighted by molar-refractivity contribution is 5.83. The third-order valence-electron chi connectivity index (χ3n) is 4.41. The highest BCUT2D eigenvalue weighted by Gasteiger charge is 2.23. The zero-order valence-corrected chi connectivity index (χ0v) is 13.7. The molecule has 4 heteroatoms. The summed E-state index contributed by atoms with van der Waals surface area (Å²) >= 11 is 0. The van der Waals surface area contributed by atoms with Crippen molar-refractivity contribution in [1.82, 2.24) is 4.90 Å². The maximum absolute atomic E-state index is 11.9. The van der Waals surface area contributed by atoms with E-state index in [1.807, 2.05) is 13.8 Å². The fraction of sp³-hybridized carbons (Fsp3) is 0.500. The molecule has 1 aliphatic rings. The molecule has 0 aliphatic carbocycles. The van der Waals surface area contributed by atoms with Gasteiger partial charge < -0.3 is 9.15 Å². The maximum atomic E-state index is 11.9. The molecule has 3 rings (SSSR count). The van der Waals surface area contributed by atoms with Crippen molar-refractivity contribution in [1.29, 1.82) is 0 Å². The third kappa shape index (κ3) is 2.94. The van der Waals surface area contributed by atoms with Crippen LogP contribution in [0.2, 0.25) is 0 Å². The van der Waals surface area contributed by atoms with E-state index in [-0.39, 0.29) is 17.8 Å². The van der Waals surface area contributed by atoms with E-state index in [1.165, 1.54) is 0 Å². The van der Waals surface area contributed by atoms with Crippen LogP contribution >= 0.6 is 0 Å². The van der Waals surface area contributed by atoms with Crippen molar-refractivity contribution in [2.45, 2.75) is 46.4 Å². The monoisotopic (exact) mass is 301 g/mol. The van der Waals surface area contributed by atoms with Gasteiger partial charge in [-0.25, -0.2) is 4.79 Å². The van der Waals surface area contributed by atoms with Gasteiger partial charge in [0.2, 0.25) is 0 Å². The van der Waals surface area contributed by atoms with Crippen molar-refractivity contribution in [3.05, 3.63) is 45.3 Å². The van der Waals surface area contributed by atoms with Gasteiger partial charge in [-0.05, 0) is 44.4 Å². The molecule has 0 bridgehead atoms. The Bertz CT molecular complexity index is 740. The summed E-state index contributed by atoms with van der Waals surface area (Å²) in [5, 5.41) is 1.04. The van der Waals surface area contributed by atoms with Crippen LogP contribution in [-0.4, -0.2) is 30.2 Å². The summed E-state index contributed by atoms with van der Waals surface area (Å²) in [6.45, 7) is 10.7. The Balaban J connectivity index is 2.00. The summed E-state index contributed by atoms with van der Waals surface area (Å²) in [6.07, 6.45) is 0.443. The first-order valence-corrected chi connectivity index (χ1v) is 7.85. The molecular weight excluding hydrogens is 278 g/mol. The van der Waals surface area contributed by atoms with Gasteiger partial charge in [-0.1, -0.05) is 12.1 Å². The second-order valence-corrected chi connectivity index (χ2v) is 6.43. The molecule has 0 N–H and O–H groups in total. The molecule has 4 nitrogen and oxygen atoms in total. The Morgan fingerprint density at radius 1 is 1.18 bits per heavy atom. The fourth-order valence-electron chi connectivity index (χ4n) is 3.31. The van der Waals surface area contributed by atoms with E-state index < -0.39 is 0 Å². The van der Waals surface area contributed by atoms with Crippen LogP contribution in [0.5, 0.6) is 0 Å². The second kappa shape index (κ2) is 5.86. The molecule has 2 heterocycles. The number of nitrogens with zero attached hydrogens (tertiary/aromatic N) is 1. The minimum atomic E-state index is -0.273. The van der Waals surface area contributed by atoms with E-state index in [2.05, 4.69) is 30.9 Å². The Morgan fingerprint density at radius 2 is 1.86 bits per heavy atom. The molecule has 1 aromatic carbocycles. The van der Waals surface area contributed by atoms with Gasteiger partial charge in [0.25, 0.3) is 0 Å². The number of rotatable bonds is 2. The Labute approximate surface area is 130 Å². The molecule has 0 unspecified atom stereocenters. The van der Waals surface area contributed by atoms with Crippen LogP contribution in [0.4, 0.5) is 0 Å². The van der Waals surface area contributed by atoms with Crippen molar-refractivity contribution in [2.75, 3.05) is 13.1 Å². The van der Waals surface area contributed by atoms with E-state index >= 15 is 0 Å². The van der Waals surface area contributed by atoms with Crippen LogP contribution in [0.1, 0.15) is 30.5 Å². The number of fused-ring (bicyclic) bond motifs is 1. The standard InChI is InChI=1S/C18H23NO3/c1-11-5-6-16-15(7-17(20)22-18(16)14(11)4)10-19-8-12(2)21-13(3)9-19/h5-7,12-13H,8-10H2,1-4H3/t12-,13-/m1/s1. The van der Waals surface area contributed by atoms with Crippen LogP contribution in [0, 0.1) is 13.8 Å². The fourth-order valence-corrected chi connectivity index (χ4v) is 3.31. The molecule has 2 aromatic rings. The number of hydrogen-bond acceptors (Lipinski definition) is 4. The lowest BCUT2D eigenvalue weighted by atomic mass is 10.0. The number of morpholine rings is 1. The summed E-state index contributed by atoms with van der Waals surface area (Å²) in [7, 11) is 0. The average molecular weight is 301 g/mol. The van der Waals surface area contributed by atoms with Crippen molar-refractivity contribution in [3.63, 3.8) is 0 Å². The van der Waals surface area contributed by atoms with Crippen LogP contribution in [-0.2, 0) is 11.3 Å². The lowest BCUT2D eigenvalue weighted by molar-refractivity contribution is -0.0704. The van der Waals surface area contributed by atoms with E-state index in [4.69, 9.17) is 9.15 Å². The van der Waals surface area contributed by atoms with Crippen LogP contribution < -0.4 is 5.63 Å². The topological polar surface area (TPSA) is 42.7 Å². The van der Waals surface area contributed by atoms with Crippen LogP contribution in [0.25, 0.3) is 11.0 Å². The predicted molar refractivity (Wildman–Crippen MR) is 87.2 cm³/mol. The number of benzene rings is 1. The summed E-state index contributed by atoms with van der Waals surface area (Å²) in [6, 6.07) is 5.77. The summed E-state index contributed by atoms with van der Waals surface area (Å²) in [5.41, 5.74) is 3.67. The quantitative estimate of drug-likeness (QED) is 0.800. The summed E-state index contributed by atoms with van der Waals surface area (Å²) in [5.74, 6) is 0. The van der Waals surface area contributed by atoms with Gasteiger partial charge >= 0.3 is 5.63 Å². The largest absolute Gasteiger partial charge is 0.422 e. The average Bonchev–Trinajstić information content (AvgIpc) is 2.42. The minimum absolute atomic E-state index is 0.221. The molecule has 1 saturated heterocycles. The number of hydrogen-bond donors (Lipinski definition) is 0. The van der Waals surface area contributed by atoms with Gasteiger partial charge in [-0.15, -0.1) is 0 Å². The Hall–Kier alpha value is -1.65. The van der Waals surface area contributed by atoms with Gasteiger partial charge in [-0.2, -0.15) is 0 Å². The Kier molecular flexibility index (Phi) is 4.06. The molecule has 1 aromatic heterocycles. The van der Waals surface area contributed by atoms with E-state index in [0.717, 1.165) is 47.3 Å². The lowest BCUT2D eigenvalue weighted by Gasteiger charge is -2.35. The maximum Gasteiger partial charge on any atom is 0.336 e. The molecule has 0 saturated carbocycles. The molecule has 0 radical (unpaired) electrons. The van der Waals surface area contributed by atoms with Crippen LogP contribution in [0.3, 0.4) is 0 Å². The number of aryl methyl sites for hydroxylation is 2. The van der Waals surface area contributed by atoms with E-state index in [9.17, 15) is 4.79 Å². The molecule has 22 heavy (non-hydrogen) atoms. The molecule has 2 atom stereocenters. The first kappa shape index (κ1) is 15.3. The van der Waals surface area contributed by atoms with Gasteiger partial charge in [0.1, 0.15) is 5.58 Å². The zero-order chi connectivity index (χ0) is 15.9. The zero-order valence-electron chi connectivity index (χ0n) is 13.7. The Morgan fingerprint density at radius 3 is 2.55 bits per heavy atom. The molecule has 118 valence electrons. The van der Waals surface area contributed by atoms with E-state index in [0.29, 0.717) is 0 Å². The van der Waals surface area contributed by atoms with Crippen LogP contribution in [0.15, 0.2) is 27.4 Å². The van der Waals surface area contributed by atoms with Gasteiger partial charge in [0, 0.05) is 31.1 Å². The molecule has 0 spiro atoms. The smallest absolute Gasteiger partial charge is 0.336 e. The first-order valence-electron chi connectivity index (χ1n) is 7.85. The minimum Gasteiger partial charge on any atom is -0.422 e. The highest BCUT2D eigenvalue weighted by Crippen LogP contribution is 2.25. The van der Waals surface area contributed by atoms with Crippen molar-refractivity contribution >= 4 is 11.0 Å². The number of ether oxygens (including phenoxy) is 1. The van der Waals surface area contributed by atoms with Gasteiger partial charge in [0.05, 0.1) is 12.2 Å². The molecule has 1 fully saturated rings. The lowest BCUT2D eigenvalue weighted by Crippen LogP contribution is -2.44. The molecular formula is C18H23NO3. The normalized spacial score (nSPS) is 23.1. The highest BCUT2D eigenvalue weighted by atomic mass is 16.5. The SMILES string of the molecule is Cc1ccc2c(CN3C[C@@H](C)O[C@H](C)C3)cc(=O)oc2c1C. The molecule has 1 aliphatic heterocycles. The predicted octanol–water partition coefficient (Wildman–Crippen LogP) is 3.02. The van der Waals surface area contributed by atoms with Gasteiger partial charge in [-0.3, -0.25) is 4.90 Å². The summed E-state index contributed by atoms with van der Waals surface area (Å²) < 4.78 is 11.2. The molecule has 0 amide bonds. The van der Waals surface area contributed by atoms with Crippen molar-refractivity contribution in [3.8, 4) is 0 Å². The van der Waals surface area contributed by atoms with E-state index in [1.54, 1.807) is 6.07 Å². The van der Waals surface area contributed by atoms with Crippen molar-refractivity contribution < 1.29 is 9.15 Å². The third-order valence-corrected chi connectivity index (χ3v) is 4.41.